The van der Waals surface area contributed by atoms with Gasteiger partial charge in [0, 0.05) is 26.0 Å². The summed E-state index contributed by atoms with van der Waals surface area (Å²) in [5.74, 6) is -2.62. The molecule has 6 heteroatoms. The minimum Gasteiger partial charge on any atom is -0.481 e. The highest BCUT2D eigenvalue weighted by Crippen LogP contribution is 2.04. The van der Waals surface area contributed by atoms with Crippen molar-refractivity contribution in [3.63, 3.8) is 0 Å². The van der Waals surface area contributed by atoms with E-state index in [0.717, 1.165) is 6.67 Å². The van der Waals surface area contributed by atoms with Gasteiger partial charge in [-0.1, -0.05) is 13.3 Å². The first-order valence-electron chi connectivity index (χ1n) is 5.52. The maximum absolute atomic E-state index is 9.43. The summed E-state index contributed by atoms with van der Waals surface area (Å²) in [4.78, 5) is 23.4. The van der Waals surface area contributed by atoms with Crippen LogP contribution in [0, 0.1) is 0 Å². The van der Waals surface area contributed by atoms with Gasteiger partial charge in [0.15, 0.2) is 0 Å². The van der Waals surface area contributed by atoms with E-state index in [0.29, 0.717) is 0 Å². The monoisotopic (exact) mass is 244 g/mol. The van der Waals surface area contributed by atoms with E-state index in [1.165, 1.54) is 19.4 Å². The van der Waals surface area contributed by atoms with Crippen LogP contribution in [0.1, 0.15) is 26.2 Å². The largest absolute Gasteiger partial charge is 0.481 e. The number of unbranched alkanes of at least 4 members (excludes halogenated alkanes) is 1. The van der Waals surface area contributed by atoms with Gasteiger partial charge in [-0.3, -0.25) is 9.59 Å². The Hall–Kier alpha value is -1.72. The average molecular weight is 244 g/mol. The van der Waals surface area contributed by atoms with Crippen molar-refractivity contribution in [2.45, 2.75) is 26.2 Å². The second kappa shape index (κ2) is 8.43. The van der Waals surface area contributed by atoms with Crippen LogP contribution in [0.4, 0.5) is 0 Å². The Morgan fingerprint density at radius 1 is 1.24 bits per heavy atom. The van der Waals surface area contributed by atoms with E-state index in [1.807, 2.05) is 0 Å². The molecule has 0 unspecified atom stereocenters. The fraction of sp³-hybridized carbons (Fsp3) is 0.636. The van der Waals surface area contributed by atoms with E-state index in [1.54, 1.807) is 0 Å². The zero-order chi connectivity index (χ0) is 13.3. The van der Waals surface area contributed by atoms with Gasteiger partial charge in [0.2, 0.25) is 0 Å². The van der Waals surface area contributed by atoms with E-state index in [2.05, 4.69) is 36.2 Å². The number of hydrogen-bond donors (Lipinski definition) is 2. The third-order valence-electron chi connectivity index (χ3n) is 2.04. The molecule has 1 heterocycles. The number of aliphatic carboxylic acids is 2. The predicted octanol–water partition coefficient (Wildman–Crippen LogP) is 1.01. The highest BCUT2D eigenvalue weighted by atomic mass is 16.4. The first kappa shape index (κ1) is 15.3. The topological polar surface area (TPSA) is 81.1 Å². The molecule has 0 fully saturated rings. The molecule has 1 aliphatic heterocycles. The number of hydrogen-bond acceptors (Lipinski definition) is 4. The highest BCUT2D eigenvalue weighted by Gasteiger charge is 2.05. The molecule has 0 radical (unpaired) electrons. The van der Waals surface area contributed by atoms with Crippen LogP contribution >= 0.6 is 0 Å². The SMILES string of the molecule is CCCCN1C=CN(C)C1.O=C(O)CC(=O)O. The molecule has 1 aliphatic rings. The summed E-state index contributed by atoms with van der Waals surface area (Å²) in [6.45, 7) is 4.50. The molecule has 0 spiro atoms. The van der Waals surface area contributed by atoms with Crippen molar-refractivity contribution >= 4 is 11.9 Å². The molecule has 1 rings (SSSR count). The molecule has 17 heavy (non-hydrogen) atoms. The van der Waals surface area contributed by atoms with Crippen molar-refractivity contribution in [3.8, 4) is 0 Å². The third-order valence-corrected chi connectivity index (χ3v) is 2.04. The molecular weight excluding hydrogens is 224 g/mol. The van der Waals surface area contributed by atoms with Gasteiger partial charge in [-0.2, -0.15) is 0 Å². The lowest BCUT2D eigenvalue weighted by Gasteiger charge is -2.17. The van der Waals surface area contributed by atoms with Crippen LogP contribution in [-0.2, 0) is 9.59 Å². The maximum atomic E-state index is 9.43. The molecule has 0 atom stereocenters. The number of nitrogens with zero attached hydrogens (tertiary/aromatic N) is 2. The lowest BCUT2D eigenvalue weighted by molar-refractivity contribution is -0.147. The molecule has 0 saturated heterocycles. The zero-order valence-corrected chi connectivity index (χ0v) is 10.3. The Labute approximate surface area is 101 Å². The molecule has 0 aromatic rings. The molecule has 0 amide bonds. The van der Waals surface area contributed by atoms with E-state index in [-0.39, 0.29) is 0 Å². The van der Waals surface area contributed by atoms with Gasteiger partial charge in [0.1, 0.15) is 6.42 Å². The Balaban J connectivity index is 0.000000325. The average Bonchev–Trinajstić information content (AvgIpc) is 2.60. The van der Waals surface area contributed by atoms with Gasteiger partial charge in [-0.25, -0.2) is 0 Å². The van der Waals surface area contributed by atoms with Crippen molar-refractivity contribution in [1.29, 1.82) is 0 Å². The van der Waals surface area contributed by atoms with Crippen molar-refractivity contribution in [2.75, 3.05) is 20.3 Å². The summed E-state index contributed by atoms with van der Waals surface area (Å²) in [5, 5.41) is 15.4. The van der Waals surface area contributed by atoms with E-state index >= 15 is 0 Å². The molecular formula is C11H20N2O4. The lowest BCUT2D eigenvalue weighted by Crippen LogP contribution is -2.23. The van der Waals surface area contributed by atoms with Crippen LogP contribution in [0.25, 0.3) is 0 Å². The highest BCUT2D eigenvalue weighted by molar-refractivity contribution is 5.88. The van der Waals surface area contributed by atoms with Crippen LogP contribution in [0.2, 0.25) is 0 Å². The van der Waals surface area contributed by atoms with Crippen LogP contribution in [0.15, 0.2) is 12.4 Å². The first-order chi connectivity index (χ1) is 7.95. The Morgan fingerprint density at radius 2 is 1.82 bits per heavy atom. The van der Waals surface area contributed by atoms with Crippen molar-refractivity contribution < 1.29 is 19.8 Å². The normalized spacial score (nSPS) is 13.3. The summed E-state index contributed by atoms with van der Waals surface area (Å²) >= 11 is 0. The Bertz CT molecular complexity index is 267. The first-order valence-corrected chi connectivity index (χ1v) is 5.52. The predicted molar refractivity (Wildman–Crippen MR) is 63.3 cm³/mol. The summed E-state index contributed by atoms with van der Waals surface area (Å²) in [7, 11) is 2.10. The van der Waals surface area contributed by atoms with Gasteiger partial charge in [-0.15, -0.1) is 0 Å². The van der Waals surface area contributed by atoms with Crippen LogP contribution in [0.3, 0.4) is 0 Å². The minimum atomic E-state index is -1.31. The van der Waals surface area contributed by atoms with Gasteiger partial charge in [0.25, 0.3) is 0 Å². The molecule has 6 nitrogen and oxygen atoms in total. The van der Waals surface area contributed by atoms with Crippen molar-refractivity contribution in [1.82, 2.24) is 9.80 Å². The van der Waals surface area contributed by atoms with Gasteiger partial charge in [-0.05, 0) is 6.42 Å². The summed E-state index contributed by atoms with van der Waals surface area (Å²) in [6.07, 6.45) is 6.07. The van der Waals surface area contributed by atoms with Crippen molar-refractivity contribution in [2.24, 2.45) is 0 Å². The Kier molecular flexibility index (Phi) is 7.58. The smallest absolute Gasteiger partial charge is 0.314 e. The molecule has 0 bridgehead atoms. The quantitative estimate of drug-likeness (QED) is 0.702. The van der Waals surface area contributed by atoms with Crippen LogP contribution < -0.4 is 0 Å². The van der Waals surface area contributed by atoms with Crippen LogP contribution in [0.5, 0.6) is 0 Å². The standard InChI is InChI=1S/C8H16N2.C3H4O4/c1-3-4-5-10-7-6-9(2)8-10;4-2(5)1-3(6)7/h6-7H,3-5,8H2,1-2H3;1H2,(H,4,5)(H,6,7). The molecule has 98 valence electrons. The second-order valence-electron chi connectivity index (χ2n) is 3.83. The minimum absolute atomic E-state index is 0.806. The number of carboxylic acid groups (broad SMARTS) is 2. The fourth-order valence-corrected chi connectivity index (χ4v) is 1.22. The number of carboxylic acids is 2. The number of carbonyl (C=O) groups is 2. The van der Waals surface area contributed by atoms with Gasteiger partial charge < -0.3 is 20.0 Å². The summed E-state index contributed by atoms with van der Waals surface area (Å²) < 4.78 is 0. The van der Waals surface area contributed by atoms with Gasteiger partial charge >= 0.3 is 11.9 Å². The van der Waals surface area contributed by atoms with Gasteiger partial charge in [0.05, 0.1) is 6.67 Å². The zero-order valence-electron chi connectivity index (χ0n) is 10.3. The molecule has 2 N–H and O–H groups in total. The molecule has 0 aliphatic carbocycles. The van der Waals surface area contributed by atoms with Crippen molar-refractivity contribution in [3.05, 3.63) is 12.4 Å². The maximum Gasteiger partial charge on any atom is 0.314 e. The lowest BCUT2D eigenvalue weighted by atomic mass is 10.3. The third kappa shape index (κ3) is 9.22. The molecule has 0 aromatic carbocycles. The molecule has 0 aromatic heterocycles. The van der Waals surface area contributed by atoms with Crippen LogP contribution in [-0.4, -0.2) is 52.2 Å². The van der Waals surface area contributed by atoms with E-state index in [4.69, 9.17) is 10.2 Å². The molecule has 0 saturated carbocycles. The van der Waals surface area contributed by atoms with E-state index in [9.17, 15) is 9.59 Å². The Morgan fingerprint density at radius 3 is 2.12 bits per heavy atom. The second-order valence-corrected chi connectivity index (χ2v) is 3.83. The summed E-state index contributed by atoms with van der Waals surface area (Å²) in [6, 6.07) is 0. The summed E-state index contributed by atoms with van der Waals surface area (Å²) in [5.41, 5.74) is 0. The van der Waals surface area contributed by atoms with E-state index < -0.39 is 18.4 Å². The number of rotatable bonds is 5. The fourth-order valence-electron chi connectivity index (χ4n) is 1.22.